The Morgan fingerprint density at radius 2 is 1.67 bits per heavy atom. The van der Waals surface area contributed by atoms with Crippen LogP contribution in [0.1, 0.15) is 56.1 Å². The lowest BCUT2D eigenvalue weighted by molar-refractivity contribution is -0.141. The van der Waals surface area contributed by atoms with Gasteiger partial charge < -0.3 is 20.5 Å². The van der Waals surface area contributed by atoms with Crippen molar-refractivity contribution < 1.29 is 24.2 Å². The molecule has 1 fully saturated rings. The lowest BCUT2D eigenvalue weighted by atomic mass is 9.98. The first-order valence-corrected chi connectivity index (χ1v) is 11.6. The number of fused-ring (bicyclic) bond motifs is 3. The molecular formula is C26H30N2O5. The molecule has 2 unspecified atom stereocenters. The van der Waals surface area contributed by atoms with Crippen LogP contribution in [-0.4, -0.2) is 41.8 Å². The third kappa shape index (κ3) is 5.18. The lowest BCUT2D eigenvalue weighted by Crippen LogP contribution is -2.41. The van der Waals surface area contributed by atoms with Crippen LogP contribution in [-0.2, 0) is 14.3 Å². The number of alkyl carbamates (subject to hydrolysis) is 1. The van der Waals surface area contributed by atoms with Gasteiger partial charge in [0.15, 0.2) is 0 Å². The Morgan fingerprint density at radius 1 is 1.03 bits per heavy atom. The highest BCUT2D eigenvalue weighted by Crippen LogP contribution is 2.44. The van der Waals surface area contributed by atoms with Crippen molar-refractivity contribution in [3.8, 4) is 11.1 Å². The summed E-state index contributed by atoms with van der Waals surface area (Å²) in [4.78, 5) is 36.0. The summed E-state index contributed by atoms with van der Waals surface area (Å²) >= 11 is 0. The molecule has 4 rings (SSSR count). The summed E-state index contributed by atoms with van der Waals surface area (Å²) in [6, 6.07) is 15.8. The third-order valence-electron chi connectivity index (χ3n) is 6.74. The minimum atomic E-state index is -0.810. The van der Waals surface area contributed by atoms with Crippen LogP contribution in [0, 0.1) is 5.92 Å². The second-order valence-electron chi connectivity index (χ2n) is 8.89. The maximum absolute atomic E-state index is 12.5. The number of carbonyl (C=O) groups excluding carboxylic acids is 2. The Hall–Kier alpha value is -3.35. The molecule has 174 valence electrons. The zero-order valence-corrected chi connectivity index (χ0v) is 18.8. The molecular weight excluding hydrogens is 420 g/mol. The van der Waals surface area contributed by atoms with Gasteiger partial charge in [0.1, 0.15) is 6.61 Å². The van der Waals surface area contributed by atoms with E-state index in [9.17, 15) is 14.4 Å². The Morgan fingerprint density at radius 3 is 2.24 bits per heavy atom. The van der Waals surface area contributed by atoms with Crippen molar-refractivity contribution >= 4 is 18.0 Å². The molecule has 0 spiro atoms. The van der Waals surface area contributed by atoms with Crippen molar-refractivity contribution in [3.63, 3.8) is 0 Å². The number of benzene rings is 2. The van der Waals surface area contributed by atoms with Gasteiger partial charge in [0.2, 0.25) is 5.91 Å². The number of carboxylic acid groups (broad SMARTS) is 1. The highest BCUT2D eigenvalue weighted by atomic mass is 16.5. The summed E-state index contributed by atoms with van der Waals surface area (Å²) < 4.78 is 5.58. The maximum atomic E-state index is 12.5. The smallest absolute Gasteiger partial charge is 0.407 e. The average Bonchev–Trinajstić information content (AvgIpc) is 3.40. The van der Waals surface area contributed by atoms with E-state index in [1.54, 1.807) is 0 Å². The number of ether oxygens (including phenoxy) is 1. The van der Waals surface area contributed by atoms with Crippen LogP contribution in [0.4, 0.5) is 4.79 Å². The molecule has 0 heterocycles. The molecule has 33 heavy (non-hydrogen) atoms. The van der Waals surface area contributed by atoms with E-state index < -0.39 is 18.0 Å². The van der Waals surface area contributed by atoms with E-state index >= 15 is 0 Å². The predicted octanol–water partition coefficient (Wildman–Crippen LogP) is 4.06. The number of carbonyl (C=O) groups is 3. The minimum Gasteiger partial charge on any atom is -0.481 e. The van der Waals surface area contributed by atoms with Crippen molar-refractivity contribution in [1.29, 1.82) is 0 Å². The van der Waals surface area contributed by atoms with E-state index in [1.807, 2.05) is 31.2 Å². The summed E-state index contributed by atoms with van der Waals surface area (Å²) in [5.74, 6) is -1.40. The summed E-state index contributed by atoms with van der Waals surface area (Å²) in [7, 11) is 0. The molecule has 0 saturated heterocycles. The Balaban J connectivity index is 1.28. The first kappa shape index (κ1) is 22.8. The van der Waals surface area contributed by atoms with Gasteiger partial charge in [0.25, 0.3) is 0 Å². The number of hydrogen-bond donors (Lipinski definition) is 3. The van der Waals surface area contributed by atoms with E-state index in [4.69, 9.17) is 9.84 Å². The summed E-state index contributed by atoms with van der Waals surface area (Å²) in [6.45, 7) is 2.12. The van der Waals surface area contributed by atoms with Crippen LogP contribution >= 0.6 is 0 Å². The third-order valence-corrected chi connectivity index (χ3v) is 6.74. The van der Waals surface area contributed by atoms with Crippen molar-refractivity contribution in [2.24, 2.45) is 5.92 Å². The SMILES string of the molecule is CC[C@H](CC(=O)NC1CCC(C(=O)O)C1)NC(=O)OCC1c2ccccc2-c2ccccc21. The topological polar surface area (TPSA) is 105 Å². The number of nitrogens with one attached hydrogen (secondary N) is 2. The molecule has 7 nitrogen and oxygen atoms in total. The van der Waals surface area contributed by atoms with E-state index in [0.717, 1.165) is 11.1 Å². The van der Waals surface area contributed by atoms with Crippen molar-refractivity contribution in [2.75, 3.05) is 6.61 Å². The molecule has 0 bridgehead atoms. The van der Waals surface area contributed by atoms with Crippen LogP contribution in [0.2, 0.25) is 0 Å². The molecule has 2 aromatic rings. The van der Waals surface area contributed by atoms with Crippen LogP contribution < -0.4 is 10.6 Å². The minimum absolute atomic E-state index is 0.0175. The second kappa shape index (κ2) is 10.1. The predicted molar refractivity (Wildman–Crippen MR) is 124 cm³/mol. The fourth-order valence-corrected chi connectivity index (χ4v) is 4.95. The zero-order valence-electron chi connectivity index (χ0n) is 18.8. The maximum Gasteiger partial charge on any atom is 0.407 e. The zero-order chi connectivity index (χ0) is 23.4. The number of rotatable bonds is 8. The normalized spacial score (nSPS) is 19.9. The van der Waals surface area contributed by atoms with Gasteiger partial charge in [-0.05, 0) is 47.9 Å². The Labute approximate surface area is 193 Å². The van der Waals surface area contributed by atoms with Crippen LogP contribution in [0.5, 0.6) is 0 Å². The molecule has 2 aromatic carbocycles. The molecule has 3 atom stereocenters. The number of carboxylic acids is 1. The van der Waals surface area contributed by atoms with Crippen LogP contribution in [0.15, 0.2) is 48.5 Å². The van der Waals surface area contributed by atoms with Gasteiger partial charge in [-0.1, -0.05) is 55.5 Å². The first-order chi connectivity index (χ1) is 16.0. The van der Waals surface area contributed by atoms with Crippen molar-refractivity contribution in [3.05, 3.63) is 59.7 Å². The summed E-state index contributed by atoms with van der Waals surface area (Å²) in [6.07, 6.45) is 1.88. The number of aliphatic carboxylic acids is 1. The monoisotopic (exact) mass is 450 g/mol. The molecule has 0 aromatic heterocycles. The van der Waals surface area contributed by atoms with Gasteiger partial charge in [0, 0.05) is 24.4 Å². The Bertz CT molecular complexity index is 991. The fourth-order valence-electron chi connectivity index (χ4n) is 4.95. The van der Waals surface area contributed by atoms with Gasteiger partial charge in [-0.25, -0.2) is 4.79 Å². The number of amides is 2. The Kier molecular flexibility index (Phi) is 6.96. The highest BCUT2D eigenvalue weighted by Gasteiger charge is 2.31. The molecule has 1 saturated carbocycles. The number of hydrogen-bond acceptors (Lipinski definition) is 4. The quantitative estimate of drug-likeness (QED) is 0.563. The van der Waals surface area contributed by atoms with Crippen LogP contribution in [0.25, 0.3) is 11.1 Å². The van der Waals surface area contributed by atoms with Gasteiger partial charge in [0.05, 0.1) is 5.92 Å². The fraction of sp³-hybridized carbons (Fsp3) is 0.423. The molecule has 0 radical (unpaired) electrons. The van der Waals surface area contributed by atoms with Crippen LogP contribution in [0.3, 0.4) is 0 Å². The van der Waals surface area contributed by atoms with E-state index in [-0.39, 0.29) is 36.9 Å². The van der Waals surface area contributed by atoms with Gasteiger partial charge >= 0.3 is 12.1 Å². The standard InChI is InChI=1S/C26H30N2O5/c1-2-17(14-24(29)27-18-12-11-16(13-18)25(30)31)28-26(32)33-15-23-21-9-5-3-7-19(21)20-8-4-6-10-22(20)23/h3-10,16-18,23H,2,11-15H2,1H3,(H,27,29)(H,28,32)(H,30,31)/t16?,17-,18?/m1/s1. The molecule has 2 aliphatic rings. The van der Waals surface area contributed by atoms with Gasteiger partial charge in [-0.3, -0.25) is 9.59 Å². The molecule has 2 amide bonds. The van der Waals surface area contributed by atoms with Crippen molar-refractivity contribution in [2.45, 2.75) is 57.0 Å². The molecule has 3 N–H and O–H groups in total. The lowest BCUT2D eigenvalue weighted by Gasteiger charge is -2.20. The summed E-state index contributed by atoms with van der Waals surface area (Å²) in [5.41, 5.74) is 4.63. The van der Waals surface area contributed by atoms with E-state index in [0.29, 0.717) is 25.7 Å². The average molecular weight is 451 g/mol. The molecule has 7 heteroatoms. The largest absolute Gasteiger partial charge is 0.481 e. The summed E-state index contributed by atoms with van der Waals surface area (Å²) in [5, 5.41) is 14.8. The molecule has 2 aliphatic carbocycles. The second-order valence-corrected chi connectivity index (χ2v) is 8.89. The highest BCUT2D eigenvalue weighted by molar-refractivity contribution is 5.80. The van der Waals surface area contributed by atoms with Gasteiger partial charge in [-0.2, -0.15) is 0 Å². The van der Waals surface area contributed by atoms with E-state index in [1.165, 1.54) is 11.1 Å². The molecule has 0 aliphatic heterocycles. The van der Waals surface area contributed by atoms with E-state index in [2.05, 4.69) is 34.9 Å². The first-order valence-electron chi connectivity index (χ1n) is 11.6. The van der Waals surface area contributed by atoms with Crippen molar-refractivity contribution in [1.82, 2.24) is 10.6 Å². The van der Waals surface area contributed by atoms with Gasteiger partial charge in [-0.15, -0.1) is 0 Å².